The van der Waals surface area contributed by atoms with Gasteiger partial charge in [0, 0.05) is 12.3 Å². The number of carbonyl (C=O) groups excluding carboxylic acids is 1. The molecular formula is C28H48O5. The van der Waals surface area contributed by atoms with Gasteiger partial charge in [0.05, 0.1) is 24.4 Å². The van der Waals surface area contributed by atoms with Gasteiger partial charge in [-0.15, -0.1) is 0 Å². The van der Waals surface area contributed by atoms with Gasteiger partial charge in [-0.1, -0.05) is 41.5 Å². The van der Waals surface area contributed by atoms with Crippen molar-refractivity contribution in [1.82, 2.24) is 0 Å². The van der Waals surface area contributed by atoms with Crippen LogP contribution in [0.25, 0.3) is 0 Å². The van der Waals surface area contributed by atoms with E-state index >= 15 is 0 Å². The quantitative estimate of drug-likeness (QED) is 0.496. The molecule has 4 rings (SSSR count). The Labute approximate surface area is 200 Å². The van der Waals surface area contributed by atoms with Crippen molar-refractivity contribution in [1.29, 1.82) is 0 Å². The molecule has 13 atom stereocenters. The Morgan fingerprint density at radius 3 is 2.15 bits per heavy atom. The van der Waals surface area contributed by atoms with E-state index in [-0.39, 0.29) is 34.4 Å². The molecule has 0 saturated heterocycles. The normalized spacial score (nSPS) is 49.1. The highest BCUT2D eigenvalue weighted by atomic mass is 16.3. The third kappa shape index (κ3) is 3.93. The fourth-order valence-corrected chi connectivity index (χ4v) is 9.23. The molecule has 0 spiro atoms. The molecule has 33 heavy (non-hydrogen) atoms. The zero-order chi connectivity index (χ0) is 24.5. The van der Waals surface area contributed by atoms with Crippen molar-refractivity contribution in [3.05, 3.63) is 0 Å². The second-order valence-corrected chi connectivity index (χ2v) is 13.4. The van der Waals surface area contributed by atoms with Crippen molar-refractivity contribution < 1.29 is 25.2 Å². The van der Waals surface area contributed by atoms with Gasteiger partial charge in [-0.2, -0.15) is 0 Å². The predicted molar refractivity (Wildman–Crippen MR) is 128 cm³/mol. The van der Waals surface area contributed by atoms with E-state index in [1.54, 1.807) is 0 Å². The third-order valence-corrected chi connectivity index (χ3v) is 11.7. The Hall–Kier alpha value is -0.490. The van der Waals surface area contributed by atoms with Crippen molar-refractivity contribution in [3.63, 3.8) is 0 Å². The van der Waals surface area contributed by atoms with E-state index < -0.39 is 24.4 Å². The second kappa shape index (κ2) is 8.87. The van der Waals surface area contributed by atoms with Gasteiger partial charge in [-0.3, -0.25) is 4.79 Å². The average Bonchev–Trinajstić information content (AvgIpc) is 3.10. The molecule has 0 aliphatic heterocycles. The van der Waals surface area contributed by atoms with Gasteiger partial charge in [0.1, 0.15) is 5.78 Å². The zero-order valence-corrected chi connectivity index (χ0v) is 21.6. The average molecular weight is 465 g/mol. The maximum absolute atomic E-state index is 13.3. The van der Waals surface area contributed by atoms with Gasteiger partial charge < -0.3 is 20.4 Å². The molecule has 5 nitrogen and oxygen atoms in total. The van der Waals surface area contributed by atoms with Crippen LogP contribution in [0.2, 0.25) is 0 Å². The Morgan fingerprint density at radius 1 is 0.879 bits per heavy atom. The van der Waals surface area contributed by atoms with Crippen molar-refractivity contribution in [2.45, 2.75) is 111 Å². The largest absolute Gasteiger partial charge is 0.390 e. The summed E-state index contributed by atoms with van der Waals surface area (Å²) in [5.74, 6) is 2.05. The minimum Gasteiger partial charge on any atom is -0.390 e. The van der Waals surface area contributed by atoms with Crippen LogP contribution >= 0.6 is 0 Å². The molecule has 4 saturated carbocycles. The molecule has 0 radical (unpaired) electrons. The van der Waals surface area contributed by atoms with Crippen LogP contribution in [0.4, 0.5) is 0 Å². The first-order valence-corrected chi connectivity index (χ1v) is 13.6. The van der Waals surface area contributed by atoms with Crippen molar-refractivity contribution >= 4 is 5.78 Å². The summed E-state index contributed by atoms with van der Waals surface area (Å²) in [7, 11) is 0. The number of fused-ring (bicyclic) bond motifs is 5. The number of aliphatic hydroxyl groups is 4. The highest BCUT2D eigenvalue weighted by Gasteiger charge is 2.63. The number of aliphatic hydroxyl groups excluding tert-OH is 4. The molecule has 0 bridgehead atoms. The summed E-state index contributed by atoms with van der Waals surface area (Å²) in [5.41, 5.74) is -0.162. The van der Waals surface area contributed by atoms with E-state index in [0.717, 1.165) is 25.7 Å². The summed E-state index contributed by atoms with van der Waals surface area (Å²) < 4.78 is 0. The molecule has 0 aromatic rings. The monoisotopic (exact) mass is 464 g/mol. The molecule has 0 aromatic carbocycles. The van der Waals surface area contributed by atoms with Crippen LogP contribution in [0.5, 0.6) is 0 Å². The lowest BCUT2D eigenvalue weighted by Crippen LogP contribution is -2.59. The smallest absolute Gasteiger partial charge is 0.136 e. The first-order valence-electron chi connectivity index (χ1n) is 13.6. The number of Topliss-reactive ketones (excluding diaryl/α,β-unsaturated/α-hetero) is 1. The van der Waals surface area contributed by atoms with Crippen LogP contribution in [-0.2, 0) is 4.79 Å². The fourth-order valence-electron chi connectivity index (χ4n) is 9.23. The van der Waals surface area contributed by atoms with Crippen molar-refractivity contribution in [2.24, 2.45) is 58.2 Å². The second-order valence-electron chi connectivity index (χ2n) is 13.4. The Bertz CT molecular complexity index is 738. The molecular weight excluding hydrogens is 416 g/mol. The minimum absolute atomic E-state index is 0.0158. The lowest BCUT2D eigenvalue weighted by molar-refractivity contribution is -0.175. The maximum atomic E-state index is 13.3. The van der Waals surface area contributed by atoms with Crippen molar-refractivity contribution in [2.75, 3.05) is 0 Å². The topological polar surface area (TPSA) is 98.0 Å². The Morgan fingerprint density at radius 2 is 1.52 bits per heavy atom. The van der Waals surface area contributed by atoms with E-state index in [1.165, 1.54) is 0 Å². The number of ketones is 1. The van der Waals surface area contributed by atoms with Gasteiger partial charge >= 0.3 is 0 Å². The maximum Gasteiger partial charge on any atom is 0.136 e. The molecule has 0 unspecified atom stereocenters. The van der Waals surface area contributed by atoms with Gasteiger partial charge in [0.25, 0.3) is 0 Å². The lowest BCUT2D eigenvalue weighted by Gasteiger charge is -2.61. The van der Waals surface area contributed by atoms with Crippen LogP contribution < -0.4 is 0 Å². The molecule has 0 aromatic heterocycles. The van der Waals surface area contributed by atoms with E-state index in [9.17, 15) is 25.2 Å². The molecule has 4 fully saturated rings. The number of hydrogen-bond donors (Lipinski definition) is 4. The van der Waals surface area contributed by atoms with Crippen LogP contribution in [0, 0.1) is 58.2 Å². The Balaban J connectivity index is 1.56. The summed E-state index contributed by atoms with van der Waals surface area (Å²) >= 11 is 0. The van der Waals surface area contributed by atoms with Crippen LogP contribution in [-0.4, -0.2) is 50.6 Å². The van der Waals surface area contributed by atoms with Crippen molar-refractivity contribution in [3.8, 4) is 0 Å². The van der Waals surface area contributed by atoms with E-state index in [1.807, 2.05) is 6.92 Å². The third-order valence-electron chi connectivity index (χ3n) is 11.7. The lowest BCUT2D eigenvalue weighted by atomic mass is 9.44. The first kappa shape index (κ1) is 25.6. The molecule has 0 amide bonds. The zero-order valence-electron chi connectivity index (χ0n) is 21.6. The Kier molecular flexibility index (Phi) is 6.88. The predicted octanol–water partition coefficient (Wildman–Crippen LogP) is 3.81. The highest BCUT2D eigenvalue weighted by Crippen LogP contribution is 2.67. The highest BCUT2D eigenvalue weighted by molar-refractivity contribution is 5.83. The molecule has 0 heterocycles. The summed E-state index contributed by atoms with van der Waals surface area (Å²) in [6.07, 6.45) is 2.80. The van der Waals surface area contributed by atoms with E-state index in [0.29, 0.717) is 48.9 Å². The molecule has 4 aliphatic carbocycles. The fraction of sp³-hybridized carbons (Fsp3) is 0.964. The number of rotatable bonds is 5. The van der Waals surface area contributed by atoms with Gasteiger partial charge in [-0.05, 0) is 90.8 Å². The molecule has 4 aliphatic rings. The number of carbonyl (C=O) groups is 1. The van der Waals surface area contributed by atoms with E-state index in [4.69, 9.17) is 0 Å². The van der Waals surface area contributed by atoms with Gasteiger partial charge in [0.15, 0.2) is 0 Å². The SMILES string of the molecule is CC(C)[C@H](C)[C@@H](O)[C@H](O)[C@@H](C)[C@@H]1CC[C@H]2[C@@H]3CC(=O)[C@H]4C[C@@H](O)[C@H](O)C[C@]4(C)[C@H]3CC[C@@]12C. The molecule has 190 valence electrons. The number of hydrogen-bond acceptors (Lipinski definition) is 5. The van der Waals surface area contributed by atoms with Gasteiger partial charge in [0.2, 0.25) is 0 Å². The van der Waals surface area contributed by atoms with Crippen LogP contribution in [0.1, 0.15) is 86.5 Å². The summed E-state index contributed by atoms with van der Waals surface area (Å²) in [5, 5.41) is 42.8. The first-order chi connectivity index (χ1) is 15.3. The van der Waals surface area contributed by atoms with Gasteiger partial charge in [-0.25, -0.2) is 0 Å². The van der Waals surface area contributed by atoms with E-state index in [2.05, 4.69) is 34.6 Å². The standard InChI is InChI=1S/C28H48O5/c1-14(2)15(3)25(32)26(33)16(4)18-7-8-19-17-11-22(29)21-12-23(30)24(31)13-28(21,6)20(17)9-10-27(18,19)5/h14-21,23-26,30-33H,7-13H2,1-6H3/t15-,16-,17-,18-,19-,20-,21+,23+,24+,25+,26+,27-,28+/m0/s1. The van der Waals surface area contributed by atoms with Crippen LogP contribution in [0.15, 0.2) is 0 Å². The summed E-state index contributed by atoms with van der Waals surface area (Å²) in [6.45, 7) is 12.9. The summed E-state index contributed by atoms with van der Waals surface area (Å²) in [6, 6.07) is 0. The minimum atomic E-state index is -0.782. The molecule has 4 N–H and O–H groups in total. The van der Waals surface area contributed by atoms with Crippen LogP contribution in [0.3, 0.4) is 0 Å². The summed E-state index contributed by atoms with van der Waals surface area (Å²) in [4.78, 5) is 13.3. The molecule has 5 heteroatoms.